The van der Waals surface area contributed by atoms with Crippen molar-refractivity contribution in [2.24, 2.45) is 0 Å². The first-order chi connectivity index (χ1) is 43.0. The van der Waals surface area contributed by atoms with Crippen LogP contribution in [0.3, 0.4) is 0 Å². The van der Waals surface area contributed by atoms with Gasteiger partial charge in [-0.25, -0.2) is 4.57 Å². The Balaban J connectivity index is 4.14. The van der Waals surface area contributed by atoms with Gasteiger partial charge in [-0.2, -0.15) is 0 Å². The number of nitrogens with zero attached hydrogens (tertiary/aromatic N) is 1. The van der Waals surface area contributed by atoms with Crippen molar-refractivity contribution in [2.45, 2.75) is 264 Å². The summed E-state index contributed by atoms with van der Waals surface area (Å²) in [6, 6.07) is 0. The van der Waals surface area contributed by atoms with E-state index in [-0.39, 0.29) is 32.0 Å². The fraction of sp³-hybridized carbons (Fsp3) is 0.615. The van der Waals surface area contributed by atoms with E-state index in [4.69, 9.17) is 18.5 Å². The summed E-state index contributed by atoms with van der Waals surface area (Å²) in [5.41, 5.74) is 0. The zero-order valence-corrected chi connectivity index (χ0v) is 57.5. The molecule has 0 aromatic rings. The van der Waals surface area contributed by atoms with Crippen molar-refractivity contribution >= 4 is 19.8 Å². The highest BCUT2D eigenvalue weighted by Crippen LogP contribution is 2.43. The van der Waals surface area contributed by atoms with E-state index in [1.807, 2.05) is 21.1 Å². The Morgan fingerprint density at radius 3 is 0.909 bits per heavy atom. The fourth-order valence-corrected chi connectivity index (χ4v) is 9.72. The lowest BCUT2D eigenvalue weighted by Gasteiger charge is -2.24. The molecule has 0 aliphatic carbocycles. The predicted octanol–water partition coefficient (Wildman–Crippen LogP) is 22.9. The number of unbranched alkanes of at least 4 members (excludes halogenated alkanes) is 20. The van der Waals surface area contributed by atoms with Crippen LogP contribution >= 0.6 is 7.82 Å². The second-order valence-corrected chi connectivity index (χ2v) is 25.3. The summed E-state index contributed by atoms with van der Waals surface area (Å²) in [5.74, 6) is -0.819. The minimum absolute atomic E-state index is 0.0210. The zero-order valence-electron chi connectivity index (χ0n) is 56.6. The van der Waals surface area contributed by atoms with Crippen LogP contribution in [0.4, 0.5) is 0 Å². The largest absolute Gasteiger partial charge is 0.472 e. The number of hydrogen-bond donors (Lipinski definition) is 1. The number of phosphoric ester groups is 1. The van der Waals surface area contributed by atoms with Crippen LogP contribution in [0, 0.1) is 0 Å². The van der Waals surface area contributed by atoms with Crippen LogP contribution in [-0.4, -0.2) is 74.9 Å². The van der Waals surface area contributed by atoms with E-state index in [0.717, 1.165) is 141 Å². The number of carbonyl (C=O) groups is 2. The zero-order chi connectivity index (χ0) is 64.1. The monoisotopic (exact) mass is 1240 g/mol. The molecule has 1 N–H and O–H groups in total. The first kappa shape index (κ1) is 83.4. The van der Waals surface area contributed by atoms with Crippen LogP contribution in [-0.2, 0) is 32.7 Å². The third-order valence-electron chi connectivity index (χ3n) is 14.2. The van der Waals surface area contributed by atoms with Crippen LogP contribution < -0.4 is 0 Å². The second-order valence-electron chi connectivity index (χ2n) is 23.8. The minimum atomic E-state index is -4.41. The smallest absolute Gasteiger partial charge is 0.462 e. The quantitative estimate of drug-likeness (QED) is 0.0211. The average molecular weight is 1240 g/mol. The highest BCUT2D eigenvalue weighted by Gasteiger charge is 2.27. The first-order valence-corrected chi connectivity index (χ1v) is 36.4. The maximum atomic E-state index is 12.9. The number of hydrogen-bond acceptors (Lipinski definition) is 7. The minimum Gasteiger partial charge on any atom is -0.462 e. The number of ether oxygens (including phenoxy) is 2. The highest BCUT2D eigenvalue weighted by atomic mass is 31.2. The van der Waals surface area contributed by atoms with Crippen LogP contribution in [0.25, 0.3) is 0 Å². The summed E-state index contributed by atoms with van der Waals surface area (Å²) in [6.07, 6.45) is 102. The normalized spacial score (nSPS) is 14.2. The maximum absolute atomic E-state index is 12.9. The molecule has 0 heterocycles. The van der Waals surface area contributed by atoms with E-state index >= 15 is 0 Å². The third kappa shape index (κ3) is 70.5. The van der Waals surface area contributed by atoms with Gasteiger partial charge in [0.05, 0.1) is 27.7 Å². The summed E-state index contributed by atoms with van der Waals surface area (Å²) in [4.78, 5) is 35.9. The van der Waals surface area contributed by atoms with Gasteiger partial charge in [0.2, 0.25) is 0 Å². The molecule has 0 radical (unpaired) electrons. The molecule has 2 unspecified atom stereocenters. The molecule has 0 rings (SSSR count). The van der Waals surface area contributed by atoms with Crippen molar-refractivity contribution < 1.29 is 42.1 Å². The van der Waals surface area contributed by atoms with E-state index in [2.05, 4.69) is 184 Å². The number of allylic oxidation sites excluding steroid dienone is 28. The number of phosphoric acid groups is 1. The van der Waals surface area contributed by atoms with E-state index in [1.54, 1.807) is 0 Å². The van der Waals surface area contributed by atoms with Gasteiger partial charge in [0, 0.05) is 12.8 Å². The van der Waals surface area contributed by atoms with Gasteiger partial charge >= 0.3 is 19.8 Å². The van der Waals surface area contributed by atoms with Crippen molar-refractivity contribution in [1.29, 1.82) is 0 Å². The topological polar surface area (TPSA) is 108 Å². The first-order valence-electron chi connectivity index (χ1n) is 34.9. The number of esters is 2. The van der Waals surface area contributed by atoms with Crippen molar-refractivity contribution in [3.8, 4) is 0 Å². The molecular formula is C78H129NO8P+. The number of rotatable bonds is 62. The van der Waals surface area contributed by atoms with Crippen molar-refractivity contribution in [1.82, 2.24) is 0 Å². The average Bonchev–Trinajstić information content (AvgIpc) is 3.57. The van der Waals surface area contributed by atoms with E-state index in [9.17, 15) is 19.0 Å². The van der Waals surface area contributed by atoms with Gasteiger partial charge in [-0.15, -0.1) is 0 Å². The molecular weight excluding hydrogens is 1110 g/mol. The van der Waals surface area contributed by atoms with Crippen LogP contribution in [0.1, 0.15) is 258 Å². The summed E-state index contributed by atoms with van der Waals surface area (Å²) < 4.78 is 34.7. The van der Waals surface area contributed by atoms with Crippen molar-refractivity contribution in [3.05, 3.63) is 170 Å². The molecule has 0 saturated heterocycles. The molecule has 0 spiro atoms. The second kappa shape index (κ2) is 66.8. The molecule has 10 heteroatoms. The van der Waals surface area contributed by atoms with Gasteiger partial charge < -0.3 is 18.9 Å². The number of likely N-dealkylation sites (N-methyl/N-ethyl adjacent to an activating group) is 1. The van der Waals surface area contributed by atoms with E-state index in [0.29, 0.717) is 17.4 Å². The standard InChI is InChI=1S/C78H128NO8P/c1-6-8-10-12-14-16-18-20-22-24-26-28-30-32-34-36-37-38-39-40-41-43-45-47-49-51-53-55-57-59-61-63-65-67-69-71-78(81)87-76(75-86-88(82,83)85-73-72-79(3,4)5)74-84-77(80)70-68-66-64-62-60-58-56-54-52-50-48-46-44-42-35-33-31-29-27-25-23-21-19-17-15-13-11-9-7-2/h8-11,14-17,20-23,26-29,32-35,37-38,40-41,44,46,50,52,76H,6-7,12-13,18-19,24-25,30-31,36,39,42-43,45,47-49,51,53-75H2,1-5H3/p+1/b10-8-,11-9-,16-14-,17-15-,22-20-,23-21-,28-26-,29-27-,34-32-,35-33-,38-37-,41-40-,46-44-,52-50-. The van der Waals surface area contributed by atoms with Crippen LogP contribution in [0.2, 0.25) is 0 Å². The lowest BCUT2D eigenvalue weighted by Crippen LogP contribution is -2.37. The van der Waals surface area contributed by atoms with Crippen molar-refractivity contribution in [2.75, 3.05) is 47.5 Å². The maximum Gasteiger partial charge on any atom is 0.472 e. The van der Waals surface area contributed by atoms with Gasteiger partial charge in [0.1, 0.15) is 19.8 Å². The number of quaternary nitrogens is 1. The molecule has 0 bridgehead atoms. The molecule has 0 aliphatic rings. The van der Waals surface area contributed by atoms with E-state index < -0.39 is 26.5 Å². The predicted molar refractivity (Wildman–Crippen MR) is 380 cm³/mol. The summed E-state index contributed by atoms with van der Waals surface area (Å²) in [7, 11) is 1.45. The van der Waals surface area contributed by atoms with Gasteiger partial charge in [0.25, 0.3) is 0 Å². The van der Waals surface area contributed by atoms with Gasteiger partial charge in [-0.05, 0) is 128 Å². The Labute approximate surface area is 540 Å². The Morgan fingerprint density at radius 2 is 0.614 bits per heavy atom. The molecule has 0 aromatic carbocycles. The lowest BCUT2D eigenvalue weighted by molar-refractivity contribution is -0.870. The lowest BCUT2D eigenvalue weighted by atomic mass is 10.0. The highest BCUT2D eigenvalue weighted by molar-refractivity contribution is 7.47. The summed E-state index contributed by atoms with van der Waals surface area (Å²) >= 11 is 0. The molecule has 88 heavy (non-hydrogen) atoms. The third-order valence-corrected chi connectivity index (χ3v) is 15.2. The Hall–Kier alpha value is -4.63. The molecule has 2 atom stereocenters. The van der Waals surface area contributed by atoms with Crippen LogP contribution in [0.15, 0.2) is 170 Å². The van der Waals surface area contributed by atoms with E-state index in [1.165, 1.54) is 83.5 Å². The molecule has 0 aliphatic heterocycles. The van der Waals surface area contributed by atoms with Gasteiger partial charge in [-0.3, -0.25) is 18.6 Å². The molecule has 498 valence electrons. The van der Waals surface area contributed by atoms with Crippen LogP contribution in [0.5, 0.6) is 0 Å². The molecule has 0 saturated carbocycles. The molecule has 0 aromatic heterocycles. The van der Waals surface area contributed by atoms with Crippen molar-refractivity contribution in [3.63, 3.8) is 0 Å². The van der Waals surface area contributed by atoms with Gasteiger partial charge in [-0.1, -0.05) is 287 Å². The molecule has 9 nitrogen and oxygen atoms in total. The Morgan fingerprint density at radius 1 is 0.352 bits per heavy atom. The summed E-state index contributed by atoms with van der Waals surface area (Å²) in [6.45, 7) is 4.18. The van der Waals surface area contributed by atoms with Gasteiger partial charge in [0.15, 0.2) is 6.10 Å². The summed E-state index contributed by atoms with van der Waals surface area (Å²) in [5, 5.41) is 0. The Bertz CT molecular complexity index is 2090. The molecule has 0 fully saturated rings. The molecule has 0 amide bonds. The number of carbonyl (C=O) groups excluding carboxylic acids is 2. The Kier molecular flexibility index (Phi) is 63.3. The SMILES string of the molecule is CC/C=C\C/C=C\C/C=C\C/C=C\C/C=C\C/C=C\C/C=C\CCCCCCCCCCCCCCCC(=O)OC(COC(=O)CCCCCCCCC/C=C\C/C=C\C/C=C\C/C=C\C/C=C\C/C=C\C/C=C\CC)COP(=O)(O)OCC[N+](C)(C)C. The fourth-order valence-electron chi connectivity index (χ4n) is 8.98.